The third-order valence-electron chi connectivity index (χ3n) is 4.82. The smallest absolute Gasteiger partial charge is 0.416 e. The van der Waals surface area contributed by atoms with Crippen molar-refractivity contribution in [2.45, 2.75) is 19.2 Å². The molecule has 33 heavy (non-hydrogen) atoms. The van der Waals surface area contributed by atoms with Crippen LogP contribution in [0.25, 0.3) is 10.6 Å². The molecule has 1 atom stereocenters. The van der Waals surface area contributed by atoms with Crippen LogP contribution >= 0.6 is 11.3 Å². The lowest BCUT2D eigenvalue weighted by atomic mass is 10.1. The van der Waals surface area contributed by atoms with Crippen molar-refractivity contribution in [3.05, 3.63) is 65.2 Å². The van der Waals surface area contributed by atoms with Crippen LogP contribution in [0.15, 0.2) is 53.9 Å². The van der Waals surface area contributed by atoms with Crippen molar-refractivity contribution in [2.75, 3.05) is 16.8 Å². The maximum Gasteiger partial charge on any atom is 0.416 e. The van der Waals surface area contributed by atoms with Crippen LogP contribution in [0, 0.1) is 0 Å². The van der Waals surface area contributed by atoms with E-state index in [0.29, 0.717) is 5.01 Å². The number of rotatable bonds is 4. The molecule has 7 nitrogen and oxygen atoms in total. The highest BCUT2D eigenvalue weighted by atomic mass is 32.1. The van der Waals surface area contributed by atoms with Gasteiger partial charge in [0.25, 0.3) is 5.91 Å². The highest BCUT2D eigenvalue weighted by Crippen LogP contribution is 2.37. The number of esters is 1. The first-order valence-electron chi connectivity index (χ1n) is 9.68. The van der Waals surface area contributed by atoms with Gasteiger partial charge < -0.3 is 10.1 Å². The highest BCUT2D eigenvalue weighted by Gasteiger charge is 2.35. The fraction of sp³-hybridized carbons (Fsp3) is 0.182. The number of nitrogens with one attached hydrogen (secondary N) is 1. The lowest BCUT2D eigenvalue weighted by Gasteiger charge is -2.31. The Labute approximate surface area is 189 Å². The van der Waals surface area contributed by atoms with E-state index in [1.807, 2.05) is 30.3 Å². The summed E-state index contributed by atoms with van der Waals surface area (Å²) in [5.74, 6) is -2.25. The normalized spacial score (nSPS) is 14.3. The Morgan fingerprint density at radius 3 is 2.61 bits per heavy atom. The van der Waals surface area contributed by atoms with E-state index in [9.17, 15) is 27.6 Å². The number of ether oxygens (including phenoxy) is 1. The molecule has 1 aliphatic rings. The zero-order chi connectivity index (χ0) is 23.8. The summed E-state index contributed by atoms with van der Waals surface area (Å²) in [5, 5.41) is 4.44. The minimum atomic E-state index is -4.61. The Kier molecular flexibility index (Phi) is 5.90. The molecule has 4 rings (SSSR count). The lowest BCUT2D eigenvalue weighted by Crippen LogP contribution is -2.47. The molecule has 0 spiro atoms. The molecule has 0 saturated carbocycles. The van der Waals surface area contributed by atoms with Crippen LogP contribution < -0.4 is 10.2 Å². The van der Waals surface area contributed by atoms with Crippen LogP contribution in [-0.4, -0.2) is 35.4 Å². The van der Waals surface area contributed by atoms with Gasteiger partial charge in [-0.3, -0.25) is 14.5 Å². The zero-order valence-electron chi connectivity index (χ0n) is 17.1. The first-order valence-corrected chi connectivity index (χ1v) is 10.6. The van der Waals surface area contributed by atoms with Crippen LogP contribution in [-0.2, 0) is 20.5 Å². The minimum Gasteiger partial charge on any atom is -0.448 e. The van der Waals surface area contributed by atoms with E-state index >= 15 is 0 Å². The van der Waals surface area contributed by atoms with Gasteiger partial charge in [-0.2, -0.15) is 13.2 Å². The quantitative estimate of drug-likeness (QED) is 0.567. The van der Waals surface area contributed by atoms with Crippen molar-refractivity contribution in [1.29, 1.82) is 0 Å². The fourth-order valence-corrected chi connectivity index (χ4v) is 4.03. The number of amides is 2. The summed E-state index contributed by atoms with van der Waals surface area (Å²) in [6.07, 6.45) is -5.92. The summed E-state index contributed by atoms with van der Waals surface area (Å²) in [6, 6.07) is 11.8. The number of nitrogens with zero attached hydrogens (tertiary/aromatic N) is 2. The zero-order valence-corrected chi connectivity index (χ0v) is 17.9. The van der Waals surface area contributed by atoms with Gasteiger partial charge in [-0.15, -0.1) is 11.3 Å². The Bertz CT molecular complexity index is 1230. The Morgan fingerprint density at radius 1 is 1.18 bits per heavy atom. The number of carbonyl (C=O) groups excluding carboxylic acids is 3. The second-order valence-corrected chi connectivity index (χ2v) is 8.01. The number of thiazole rings is 1. The molecule has 0 saturated heterocycles. The Hall–Kier alpha value is -3.73. The van der Waals surface area contributed by atoms with Gasteiger partial charge in [-0.1, -0.05) is 30.3 Å². The maximum absolute atomic E-state index is 13.0. The molecule has 0 fully saturated rings. The van der Waals surface area contributed by atoms with E-state index in [-0.39, 0.29) is 17.1 Å². The largest absolute Gasteiger partial charge is 0.448 e. The number of halogens is 3. The van der Waals surface area contributed by atoms with Crippen molar-refractivity contribution in [2.24, 2.45) is 0 Å². The second-order valence-electron chi connectivity index (χ2n) is 7.15. The van der Waals surface area contributed by atoms with Gasteiger partial charge in [-0.25, -0.2) is 9.78 Å². The van der Waals surface area contributed by atoms with Gasteiger partial charge in [0.05, 0.1) is 16.9 Å². The van der Waals surface area contributed by atoms with Gasteiger partial charge in [0.2, 0.25) is 5.91 Å². The number of aromatic nitrogens is 1. The van der Waals surface area contributed by atoms with Gasteiger partial charge in [0.1, 0.15) is 11.6 Å². The number of hydrogen-bond donors (Lipinski definition) is 1. The lowest BCUT2D eigenvalue weighted by molar-refractivity contribution is -0.137. The number of benzene rings is 2. The van der Waals surface area contributed by atoms with Crippen LogP contribution in [0.1, 0.15) is 23.0 Å². The third kappa shape index (κ3) is 4.72. The molecule has 0 radical (unpaired) electrons. The van der Waals surface area contributed by atoms with Crippen LogP contribution in [0.2, 0.25) is 0 Å². The van der Waals surface area contributed by atoms with E-state index in [0.717, 1.165) is 28.7 Å². The monoisotopic (exact) mass is 475 g/mol. The van der Waals surface area contributed by atoms with Gasteiger partial charge in [0.15, 0.2) is 11.8 Å². The van der Waals surface area contributed by atoms with E-state index < -0.39 is 42.2 Å². The average molecular weight is 475 g/mol. The number of hydrogen-bond acceptors (Lipinski definition) is 6. The van der Waals surface area contributed by atoms with Gasteiger partial charge in [0, 0.05) is 10.9 Å². The molecule has 1 aliphatic heterocycles. The molecule has 1 unspecified atom stereocenters. The SMILES string of the molecule is CC(OC(=O)c1csc(-c2ccccc2)n1)C(=O)N1CC(=O)Nc2cc(C(F)(F)F)ccc21. The highest BCUT2D eigenvalue weighted by molar-refractivity contribution is 7.13. The molecule has 2 aromatic carbocycles. The van der Waals surface area contributed by atoms with Crippen LogP contribution in [0.3, 0.4) is 0 Å². The molecule has 3 aromatic rings. The third-order valence-corrected chi connectivity index (χ3v) is 5.71. The molecular formula is C22H16F3N3O4S. The molecular weight excluding hydrogens is 459 g/mol. The molecule has 1 N–H and O–H groups in total. The molecule has 2 amide bonds. The number of carbonyl (C=O) groups is 3. The van der Waals surface area contributed by atoms with Crippen molar-refractivity contribution >= 4 is 40.5 Å². The summed E-state index contributed by atoms with van der Waals surface area (Å²) in [7, 11) is 0. The number of anilines is 2. The Balaban J connectivity index is 1.50. The first kappa shape index (κ1) is 22.5. The summed E-state index contributed by atoms with van der Waals surface area (Å²) >= 11 is 1.24. The summed E-state index contributed by atoms with van der Waals surface area (Å²) < 4.78 is 44.2. The minimum absolute atomic E-state index is 0.0186. The average Bonchev–Trinajstić information content (AvgIpc) is 3.28. The summed E-state index contributed by atoms with van der Waals surface area (Å²) in [6.45, 7) is 0.898. The van der Waals surface area contributed by atoms with Gasteiger partial charge >= 0.3 is 12.1 Å². The van der Waals surface area contributed by atoms with E-state index in [4.69, 9.17) is 4.74 Å². The number of fused-ring (bicyclic) bond motifs is 1. The molecule has 1 aromatic heterocycles. The second kappa shape index (κ2) is 8.66. The van der Waals surface area contributed by atoms with Crippen LogP contribution in [0.5, 0.6) is 0 Å². The Morgan fingerprint density at radius 2 is 1.91 bits per heavy atom. The predicted octanol–water partition coefficient (Wildman–Crippen LogP) is 4.36. The maximum atomic E-state index is 13.0. The summed E-state index contributed by atoms with van der Waals surface area (Å²) in [5.41, 5.74) is -0.200. The molecule has 11 heteroatoms. The van der Waals surface area contributed by atoms with Crippen molar-refractivity contribution in [3.63, 3.8) is 0 Å². The predicted molar refractivity (Wildman–Crippen MR) is 115 cm³/mol. The topological polar surface area (TPSA) is 88.6 Å². The first-order chi connectivity index (χ1) is 15.6. The molecule has 0 bridgehead atoms. The van der Waals surface area contributed by atoms with E-state index in [1.165, 1.54) is 23.6 Å². The molecule has 0 aliphatic carbocycles. The van der Waals surface area contributed by atoms with E-state index in [2.05, 4.69) is 10.3 Å². The fourth-order valence-electron chi connectivity index (χ4n) is 3.23. The van der Waals surface area contributed by atoms with Crippen molar-refractivity contribution in [1.82, 2.24) is 4.98 Å². The number of alkyl halides is 3. The van der Waals surface area contributed by atoms with E-state index in [1.54, 1.807) is 0 Å². The standard InChI is InChI=1S/C22H16F3N3O4S/c1-12(32-21(31)16-11-33-19(27-16)13-5-3-2-4-6-13)20(30)28-10-18(29)26-15-9-14(22(23,24)25)7-8-17(15)28/h2-9,11-12H,10H2,1H3,(H,26,29). The molecule has 170 valence electrons. The van der Waals surface area contributed by atoms with Crippen LogP contribution in [0.4, 0.5) is 24.5 Å². The molecule has 2 heterocycles. The van der Waals surface area contributed by atoms with Gasteiger partial charge in [-0.05, 0) is 25.1 Å². The van der Waals surface area contributed by atoms with Crippen molar-refractivity contribution < 1.29 is 32.3 Å². The van der Waals surface area contributed by atoms with Crippen molar-refractivity contribution in [3.8, 4) is 10.6 Å². The summed E-state index contributed by atoms with van der Waals surface area (Å²) in [4.78, 5) is 42.6.